The second-order valence-corrected chi connectivity index (χ2v) is 7.52. The average molecular weight is 421 g/mol. The van der Waals surface area contributed by atoms with E-state index in [1.807, 2.05) is 31.2 Å². The van der Waals surface area contributed by atoms with Gasteiger partial charge in [0.05, 0.1) is 28.4 Å². The summed E-state index contributed by atoms with van der Waals surface area (Å²) in [6.07, 6.45) is -4.47. The molecule has 1 N–H and O–H groups in total. The molecule has 1 heterocycles. The third-order valence-electron chi connectivity index (χ3n) is 4.52. The van der Waals surface area contributed by atoms with Gasteiger partial charge in [-0.1, -0.05) is 12.1 Å². The first-order valence-electron chi connectivity index (χ1n) is 8.73. The Morgan fingerprint density at radius 1 is 1.14 bits per heavy atom. The lowest BCUT2D eigenvalue weighted by Gasteiger charge is -2.23. The second kappa shape index (κ2) is 8.20. The Labute approximate surface area is 169 Å². The van der Waals surface area contributed by atoms with Crippen molar-refractivity contribution in [3.8, 4) is 0 Å². The van der Waals surface area contributed by atoms with E-state index < -0.39 is 17.6 Å². The van der Waals surface area contributed by atoms with E-state index in [1.54, 1.807) is 7.05 Å². The molecule has 0 unspecified atom stereocenters. The number of aromatic nitrogens is 1. The molecule has 9 heteroatoms. The summed E-state index contributed by atoms with van der Waals surface area (Å²) in [5, 5.41) is 3.22. The molecule has 152 valence electrons. The van der Waals surface area contributed by atoms with Gasteiger partial charge in [0.2, 0.25) is 5.91 Å². The number of hydrogen-bond acceptors (Lipinski definition) is 4. The number of amides is 2. The summed E-state index contributed by atoms with van der Waals surface area (Å²) in [6, 6.07) is 11.2. The van der Waals surface area contributed by atoms with Gasteiger partial charge in [-0.15, -0.1) is 11.3 Å². The molecular formula is C20H18F3N3O2S. The topological polar surface area (TPSA) is 62.3 Å². The van der Waals surface area contributed by atoms with Crippen LogP contribution < -0.4 is 5.32 Å². The van der Waals surface area contributed by atoms with E-state index in [9.17, 15) is 22.8 Å². The van der Waals surface area contributed by atoms with Gasteiger partial charge >= 0.3 is 6.18 Å². The van der Waals surface area contributed by atoms with Crippen LogP contribution in [0.15, 0.2) is 48.5 Å². The fourth-order valence-electron chi connectivity index (χ4n) is 2.64. The van der Waals surface area contributed by atoms with Gasteiger partial charge in [-0.3, -0.25) is 9.59 Å². The number of para-hydroxylation sites is 1. The highest BCUT2D eigenvalue weighted by molar-refractivity contribution is 7.18. The van der Waals surface area contributed by atoms with Gasteiger partial charge < -0.3 is 10.2 Å². The summed E-state index contributed by atoms with van der Waals surface area (Å²) in [5.74, 6) is -0.954. The molecule has 1 aromatic heterocycles. The summed E-state index contributed by atoms with van der Waals surface area (Å²) in [7, 11) is 1.61. The van der Waals surface area contributed by atoms with Crippen LogP contribution in [0, 0.1) is 0 Å². The second-order valence-electron chi connectivity index (χ2n) is 6.46. The highest BCUT2D eigenvalue weighted by atomic mass is 32.1. The number of carbonyl (C=O) groups is 2. The number of likely N-dealkylation sites (N-methyl/N-ethyl adjacent to an activating group) is 1. The van der Waals surface area contributed by atoms with Crippen LogP contribution in [0.3, 0.4) is 0 Å². The fourth-order valence-corrected chi connectivity index (χ4v) is 3.71. The summed E-state index contributed by atoms with van der Waals surface area (Å²) in [6.45, 7) is 1.57. The van der Waals surface area contributed by atoms with Crippen LogP contribution in [0.1, 0.15) is 33.9 Å². The van der Waals surface area contributed by atoms with Gasteiger partial charge in [0.15, 0.2) is 0 Å². The van der Waals surface area contributed by atoms with Crippen molar-refractivity contribution in [2.24, 2.45) is 0 Å². The molecule has 0 fully saturated rings. The molecule has 5 nitrogen and oxygen atoms in total. The zero-order valence-electron chi connectivity index (χ0n) is 15.7. The van der Waals surface area contributed by atoms with Crippen molar-refractivity contribution in [2.75, 3.05) is 13.6 Å². The average Bonchev–Trinajstić information content (AvgIpc) is 3.14. The molecule has 0 saturated heterocycles. The maximum Gasteiger partial charge on any atom is 0.416 e. The molecule has 0 aliphatic heterocycles. The minimum absolute atomic E-state index is 0.0488. The number of fused-ring (bicyclic) bond motifs is 1. The van der Waals surface area contributed by atoms with E-state index in [0.717, 1.165) is 39.5 Å². The Morgan fingerprint density at radius 3 is 2.41 bits per heavy atom. The molecule has 0 saturated carbocycles. The fraction of sp³-hybridized carbons (Fsp3) is 0.250. The zero-order valence-corrected chi connectivity index (χ0v) is 16.5. The first-order valence-corrected chi connectivity index (χ1v) is 9.55. The highest BCUT2D eigenvalue weighted by Crippen LogP contribution is 2.30. The standard InChI is InChI=1S/C20H18F3N3O2S/c1-12(19-25-15-5-3-4-6-16(15)29-19)26(2)17(27)11-24-18(28)13-7-9-14(10-8-13)20(21,22)23/h3-10,12H,11H2,1-2H3,(H,24,28)/t12-/m0/s1. The quantitative estimate of drug-likeness (QED) is 0.670. The lowest BCUT2D eigenvalue weighted by molar-refractivity contribution is -0.137. The molecule has 29 heavy (non-hydrogen) atoms. The van der Waals surface area contributed by atoms with Crippen LogP contribution in [-0.4, -0.2) is 35.3 Å². The van der Waals surface area contributed by atoms with Gasteiger partial charge in [-0.05, 0) is 43.3 Å². The van der Waals surface area contributed by atoms with E-state index in [2.05, 4.69) is 10.3 Å². The molecule has 1 atom stereocenters. The van der Waals surface area contributed by atoms with Gasteiger partial charge in [0, 0.05) is 12.6 Å². The van der Waals surface area contributed by atoms with Crippen molar-refractivity contribution in [1.29, 1.82) is 0 Å². The minimum atomic E-state index is -4.47. The normalized spacial score (nSPS) is 12.6. The van der Waals surface area contributed by atoms with Crippen molar-refractivity contribution in [3.05, 3.63) is 64.7 Å². The lowest BCUT2D eigenvalue weighted by Crippen LogP contribution is -2.39. The first kappa shape index (κ1) is 20.8. The summed E-state index contributed by atoms with van der Waals surface area (Å²) in [4.78, 5) is 30.6. The molecule has 3 aromatic rings. The highest BCUT2D eigenvalue weighted by Gasteiger charge is 2.30. The number of hydrogen-bond donors (Lipinski definition) is 1. The third-order valence-corrected chi connectivity index (χ3v) is 5.72. The van der Waals surface area contributed by atoms with Crippen LogP contribution in [0.2, 0.25) is 0 Å². The zero-order chi connectivity index (χ0) is 21.2. The Bertz CT molecular complexity index is 998. The number of rotatable bonds is 5. The molecule has 0 spiro atoms. The largest absolute Gasteiger partial charge is 0.416 e. The molecular weight excluding hydrogens is 403 g/mol. The smallest absolute Gasteiger partial charge is 0.343 e. The molecule has 0 aliphatic rings. The predicted octanol–water partition coefficient (Wildman–Crippen LogP) is 4.26. The van der Waals surface area contributed by atoms with Crippen molar-refractivity contribution in [2.45, 2.75) is 19.1 Å². The maximum atomic E-state index is 12.6. The van der Waals surface area contributed by atoms with Crippen LogP contribution in [-0.2, 0) is 11.0 Å². The number of carbonyl (C=O) groups excluding carboxylic acids is 2. The van der Waals surface area contributed by atoms with E-state index in [1.165, 1.54) is 16.2 Å². The van der Waals surface area contributed by atoms with Crippen molar-refractivity contribution < 1.29 is 22.8 Å². The summed E-state index contributed by atoms with van der Waals surface area (Å²) in [5.41, 5.74) is 0.0676. The van der Waals surface area contributed by atoms with Crippen LogP contribution >= 0.6 is 11.3 Å². The van der Waals surface area contributed by atoms with Crippen LogP contribution in [0.4, 0.5) is 13.2 Å². The molecule has 3 rings (SSSR count). The van der Waals surface area contributed by atoms with Crippen molar-refractivity contribution in [1.82, 2.24) is 15.2 Å². The number of nitrogens with one attached hydrogen (secondary N) is 1. The molecule has 2 aromatic carbocycles. The maximum absolute atomic E-state index is 12.6. The van der Waals surface area contributed by atoms with Crippen molar-refractivity contribution >= 4 is 33.4 Å². The molecule has 0 bridgehead atoms. The Kier molecular flexibility index (Phi) is 5.88. The SMILES string of the molecule is C[C@@H](c1nc2ccccc2s1)N(C)C(=O)CNC(=O)c1ccc(C(F)(F)F)cc1. The van der Waals surface area contributed by atoms with E-state index >= 15 is 0 Å². The first-order chi connectivity index (χ1) is 13.7. The number of alkyl halides is 3. The van der Waals surface area contributed by atoms with Gasteiger partial charge in [-0.2, -0.15) is 13.2 Å². The predicted molar refractivity (Wildman–Crippen MR) is 105 cm³/mol. The number of benzene rings is 2. The third kappa shape index (κ3) is 4.73. The van der Waals surface area contributed by atoms with E-state index in [-0.39, 0.29) is 24.1 Å². The van der Waals surface area contributed by atoms with Gasteiger partial charge in [0.25, 0.3) is 5.91 Å². The van der Waals surface area contributed by atoms with Crippen LogP contribution in [0.25, 0.3) is 10.2 Å². The van der Waals surface area contributed by atoms with Crippen molar-refractivity contribution in [3.63, 3.8) is 0 Å². The van der Waals surface area contributed by atoms with E-state index in [0.29, 0.717) is 0 Å². The Morgan fingerprint density at radius 2 is 1.79 bits per heavy atom. The minimum Gasteiger partial charge on any atom is -0.343 e. The lowest BCUT2D eigenvalue weighted by atomic mass is 10.1. The van der Waals surface area contributed by atoms with Gasteiger partial charge in [-0.25, -0.2) is 4.98 Å². The summed E-state index contributed by atoms with van der Waals surface area (Å²) >= 11 is 1.49. The van der Waals surface area contributed by atoms with Gasteiger partial charge in [0.1, 0.15) is 5.01 Å². The Hall–Kier alpha value is -2.94. The molecule has 0 aliphatic carbocycles. The molecule has 0 radical (unpaired) electrons. The molecule has 2 amide bonds. The Balaban J connectivity index is 1.59. The monoisotopic (exact) mass is 421 g/mol. The van der Waals surface area contributed by atoms with Crippen LogP contribution in [0.5, 0.6) is 0 Å². The number of halogens is 3. The summed E-state index contributed by atoms with van der Waals surface area (Å²) < 4.78 is 38.8. The van der Waals surface area contributed by atoms with E-state index in [4.69, 9.17) is 0 Å². The number of thiazole rings is 1. The number of nitrogens with zero attached hydrogens (tertiary/aromatic N) is 2.